The molecule has 11 atom stereocenters. The van der Waals surface area contributed by atoms with Crippen molar-refractivity contribution >= 4 is 17.8 Å². The quantitative estimate of drug-likeness (QED) is 0.105. The number of amides is 1. The smallest absolute Gasteiger partial charge is 0.410 e. The second-order valence-corrected chi connectivity index (χ2v) is 16.6. The van der Waals surface area contributed by atoms with Crippen LogP contribution in [0.1, 0.15) is 93.9 Å². The number of pyridine rings is 1. The number of hydrogen-bond donors (Lipinski definition) is 2. The highest BCUT2D eigenvalue weighted by molar-refractivity contribution is 5.99. The number of carbonyl (C=O) groups is 3. The number of ether oxygens (including phenoxy) is 5. The Balaban J connectivity index is 1.58. The van der Waals surface area contributed by atoms with Gasteiger partial charge in [0.05, 0.1) is 29.6 Å². The Kier molecular flexibility index (Phi) is 17.2. The van der Waals surface area contributed by atoms with E-state index < -0.39 is 65.6 Å². The van der Waals surface area contributed by atoms with Crippen molar-refractivity contribution in [2.75, 3.05) is 40.9 Å². The van der Waals surface area contributed by atoms with E-state index >= 15 is 0 Å². The van der Waals surface area contributed by atoms with Crippen LogP contribution in [0.25, 0.3) is 11.4 Å². The van der Waals surface area contributed by atoms with Crippen molar-refractivity contribution in [3.05, 3.63) is 30.6 Å². The summed E-state index contributed by atoms with van der Waals surface area (Å²) >= 11 is 0. The number of aliphatic hydroxyl groups excluding tert-OH is 1. The van der Waals surface area contributed by atoms with Crippen molar-refractivity contribution in [3.8, 4) is 11.4 Å². The predicted molar refractivity (Wildman–Crippen MR) is 218 cm³/mol. The second kappa shape index (κ2) is 21.1. The van der Waals surface area contributed by atoms with Gasteiger partial charge in [-0.25, -0.2) is 4.79 Å². The number of likely N-dealkylation sites (N-methyl/N-ethyl adjacent to an activating group) is 1. The van der Waals surface area contributed by atoms with E-state index in [-0.39, 0.29) is 31.0 Å². The summed E-state index contributed by atoms with van der Waals surface area (Å²) in [6, 6.07) is 4.56. The molecule has 2 aromatic rings. The highest BCUT2D eigenvalue weighted by atomic mass is 16.7. The summed E-state index contributed by atoms with van der Waals surface area (Å²) in [6.07, 6.45) is 1.91. The molecule has 16 nitrogen and oxygen atoms in total. The van der Waals surface area contributed by atoms with E-state index in [4.69, 9.17) is 23.7 Å². The lowest BCUT2D eigenvalue weighted by Crippen LogP contribution is -2.61. The third-order valence-electron chi connectivity index (χ3n) is 12.0. The average molecular weight is 816 g/mol. The summed E-state index contributed by atoms with van der Waals surface area (Å²) in [7, 11) is 5.35. The van der Waals surface area contributed by atoms with Crippen LogP contribution in [0, 0.1) is 11.8 Å². The number of aliphatic hydroxyl groups is 1. The van der Waals surface area contributed by atoms with Crippen molar-refractivity contribution in [2.45, 2.75) is 154 Å². The zero-order chi connectivity index (χ0) is 42.8. The fourth-order valence-electron chi connectivity index (χ4n) is 8.57. The topological polar surface area (TPSA) is 180 Å². The van der Waals surface area contributed by atoms with Gasteiger partial charge in [-0.2, -0.15) is 0 Å². The first-order chi connectivity index (χ1) is 27.5. The highest BCUT2D eigenvalue weighted by Gasteiger charge is 2.58. The van der Waals surface area contributed by atoms with Crippen LogP contribution < -0.4 is 5.32 Å². The molecule has 0 aliphatic carbocycles. The zero-order valence-electron chi connectivity index (χ0n) is 36.6. The number of nitrogens with one attached hydrogen (secondary N) is 1. The molecule has 0 saturated carbocycles. The monoisotopic (exact) mass is 816 g/mol. The zero-order valence-corrected chi connectivity index (χ0v) is 36.6. The van der Waals surface area contributed by atoms with E-state index in [9.17, 15) is 19.5 Å². The molecule has 0 aromatic carbocycles. The Bertz CT molecular complexity index is 1610. The Morgan fingerprint density at radius 2 is 1.79 bits per heavy atom. The van der Waals surface area contributed by atoms with Crippen molar-refractivity contribution in [1.29, 1.82) is 0 Å². The summed E-state index contributed by atoms with van der Waals surface area (Å²) in [5, 5.41) is 23.7. The number of esters is 1. The van der Waals surface area contributed by atoms with E-state index in [0.29, 0.717) is 51.0 Å². The van der Waals surface area contributed by atoms with Crippen LogP contribution >= 0.6 is 0 Å². The summed E-state index contributed by atoms with van der Waals surface area (Å²) in [4.78, 5) is 49.7. The van der Waals surface area contributed by atoms with E-state index in [1.54, 1.807) is 22.9 Å². The molecule has 2 N–H and O–H groups in total. The number of aryl methyl sites for hydroxylation is 1. The Hall–Kier alpha value is -3.54. The van der Waals surface area contributed by atoms with Crippen molar-refractivity contribution in [2.24, 2.45) is 11.8 Å². The average Bonchev–Trinajstić information content (AvgIpc) is 3.78. The lowest BCUT2D eigenvalue weighted by Gasteiger charge is -2.42. The lowest BCUT2D eigenvalue weighted by atomic mass is 9.83. The standard InChI is InChI=1S/C42H69N7O9/c1-12-32(47(9)10)36(51)39(55-14-3)57-35-23-33(50)28(5)38(52)56-34(13-2)42(8)37(29(6)44-25-27(4)24-41(35,7)54-11)49(40(53)58-42)22-18-17-21-48-26-31(45-46-48)30-19-15-16-20-43-30/h15-16,19-20,26-29,32,34-37,39,44,51H,12-14,17-18,21-25H2,1-11H3/t27-,28-,29-,32?,34-,35-,36?,37-,39+,41+,42-/m1/s1. The molecular formula is C42H69N7O9. The molecule has 1 amide bonds. The van der Waals surface area contributed by atoms with Crippen LogP contribution in [0.2, 0.25) is 0 Å². The largest absolute Gasteiger partial charge is 0.458 e. The first kappa shape index (κ1) is 47.1. The number of unbranched alkanes of at least 4 members (excludes halogenated alkanes) is 1. The number of carbonyl (C=O) groups excluding carboxylic acids is 3. The van der Waals surface area contributed by atoms with Gasteiger partial charge in [-0.1, -0.05) is 32.1 Å². The molecule has 58 heavy (non-hydrogen) atoms. The number of rotatable bonds is 16. The van der Waals surface area contributed by atoms with Gasteiger partial charge in [0.25, 0.3) is 0 Å². The van der Waals surface area contributed by atoms with Gasteiger partial charge in [0.1, 0.15) is 29.6 Å². The van der Waals surface area contributed by atoms with Crippen molar-refractivity contribution < 1.29 is 43.2 Å². The Labute approximate surface area is 344 Å². The molecule has 2 aliphatic heterocycles. The molecule has 2 saturated heterocycles. The number of fused-ring (bicyclic) bond motifs is 1. The maximum absolute atomic E-state index is 14.1. The Morgan fingerprint density at radius 3 is 2.41 bits per heavy atom. The molecule has 326 valence electrons. The third-order valence-corrected chi connectivity index (χ3v) is 12.0. The van der Waals surface area contributed by atoms with E-state index in [1.807, 2.05) is 84.9 Å². The van der Waals surface area contributed by atoms with Gasteiger partial charge < -0.3 is 39.0 Å². The van der Waals surface area contributed by atoms with Gasteiger partial charge in [0.2, 0.25) is 0 Å². The number of ketones is 1. The fraction of sp³-hybridized carbons (Fsp3) is 0.762. The van der Waals surface area contributed by atoms with Crippen LogP contribution in [0.15, 0.2) is 30.6 Å². The molecule has 4 heterocycles. The van der Waals surface area contributed by atoms with Gasteiger partial charge in [-0.3, -0.25) is 24.2 Å². The molecular weight excluding hydrogens is 747 g/mol. The SMILES string of the molecule is CCO[C@@H](O[C@@H]1CC(=O)[C@@H](C)C(=O)O[C@H](CC)[C@@]2(C)OC(=O)N(CCCCn3cc(-c4ccccn4)nn3)[C@@H]2[C@@H](C)NC[C@H](C)C[C@]1(C)OC)C(O)C(CC)N(C)C. The minimum atomic E-state index is -1.22. The number of cyclic esters (lactones) is 1. The lowest BCUT2D eigenvalue weighted by molar-refractivity contribution is -0.258. The number of Topliss-reactive ketones (excluding diaryl/α,β-unsaturated/α-hetero) is 1. The normalized spacial score (nSPS) is 30.6. The molecule has 4 rings (SSSR count). The van der Waals surface area contributed by atoms with Crippen LogP contribution in [0.3, 0.4) is 0 Å². The molecule has 2 unspecified atom stereocenters. The highest BCUT2D eigenvalue weighted by Crippen LogP contribution is 2.39. The van der Waals surface area contributed by atoms with Crippen LogP contribution in [0.5, 0.6) is 0 Å². The first-order valence-electron chi connectivity index (χ1n) is 21.0. The summed E-state index contributed by atoms with van der Waals surface area (Å²) in [5.74, 6) is -2.29. The van der Waals surface area contributed by atoms with Gasteiger partial charge in [0.15, 0.2) is 11.9 Å². The van der Waals surface area contributed by atoms with Gasteiger partial charge in [-0.05, 0) is 105 Å². The number of methoxy groups -OCH3 is 1. The number of hydrogen-bond acceptors (Lipinski definition) is 14. The molecule has 0 spiro atoms. The second-order valence-electron chi connectivity index (χ2n) is 16.6. The van der Waals surface area contributed by atoms with Gasteiger partial charge in [-0.15, -0.1) is 5.10 Å². The first-order valence-corrected chi connectivity index (χ1v) is 21.0. The molecule has 2 aliphatic rings. The molecule has 0 radical (unpaired) electrons. The summed E-state index contributed by atoms with van der Waals surface area (Å²) in [6.45, 7) is 16.8. The Morgan fingerprint density at radius 1 is 1.07 bits per heavy atom. The predicted octanol–water partition coefficient (Wildman–Crippen LogP) is 4.49. The van der Waals surface area contributed by atoms with Crippen molar-refractivity contribution in [1.82, 2.24) is 35.1 Å². The van der Waals surface area contributed by atoms with Crippen LogP contribution in [-0.2, 0) is 39.8 Å². The molecule has 2 fully saturated rings. The molecule has 2 aromatic heterocycles. The van der Waals surface area contributed by atoms with Gasteiger partial charge in [0, 0.05) is 51.5 Å². The fourth-order valence-corrected chi connectivity index (χ4v) is 8.57. The van der Waals surface area contributed by atoms with E-state index in [0.717, 1.165) is 12.1 Å². The third kappa shape index (κ3) is 11.2. The van der Waals surface area contributed by atoms with Crippen LogP contribution in [0.4, 0.5) is 4.79 Å². The summed E-state index contributed by atoms with van der Waals surface area (Å²) < 4.78 is 32.9. The van der Waals surface area contributed by atoms with E-state index in [1.165, 1.54) is 6.92 Å². The van der Waals surface area contributed by atoms with E-state index in [2.05, 4.69) is 27.5 Å². The minimum Gasteiger partial charge on any atom is -0.458 e. The summed E-state index contributed by atoms with van der Waals surface area (Å²) in [5.41, 5.74) is -0.819. The number of nitrogens with zero attached hydrogens (tertiary/aromatic N) is 6. The molecule has 0 bridgehead atoms. The minimum absolute atomic E-state index is 0.00646. The maximum atomic E-state index is 14.1. The number of aromatic nitrogens is 4. The molecule has 16 heteroatoms. The van der Waals surface area contributed by atoms with Crippen LogP contribution in [-0.4, -0.2) is 148 Å². The maximum Gasteiger partial charge on any atom is 0.410 e. The van der Waals surface area contributed by atoms with Gasteiger partial charge >= 0.3 is 12.1 Å². The van der Waals surface area contributed by atoms with Crippen molar-refractivity contribution in [3.63, 3.8) is 0 Å².